The lowest BCUT2D eigenvalue weighted by Gasteiger charge is -2.14. The zero-order valence-corrected chi connectivity index (χ0v) is 10.6. The molecule has 0 spiro atoms. The number of nitrogens with one attached hydrogen (secondary N) is 2. The second kappa shape index (κ2) is 7.09. The predicted octanol–water partition coefficient (Wildman–Crippen LogP) is -2.25. The highest BCUT2D eigenvalue weighted by molar-refractivity contribution is 5.76. The summed E-state index contributed by atoms with van der Waals surface area (Å²) in [6.45, 7) is 1.51. The van der Waals surface area contributed by atoms with Crippen LogP contribution in [0.1, 0.15) is 13.3 Å². The molecule has 0 unspecified atom stereocenters. The van der Waals surface area contributed by atoms with Crippen molar-refractivity contribution in [1.82, 2.24) is 10.6 Å². The van der Waals surface area contributed by atoms with Crippen LogP contribution in [0.4, 0.5) is 0 Å². The van der Waals surface area contributed by atoms with Gasteiger partial charge in [-0.15, -0.1) is 6.42 Å². The minimum atomic E-state index is -1.17. The van der Waals surface area contributed by atoms with Crippen LogP contribution in [-0.4, -0.2) is 59.5 Å². The molecule has 1 aliphatic heterocycles. The van der Waals surface area contributed by atoms with Gasteiger partial charge in [-0.1, -0.05) is 5.92 Å². The molecule has 1 rings (SSSR count). The Morgan fingerprint density at radius 2 is 1.89 bits per heavy atom. The summed E-state index contributed by atoms with van der Waals surface area (Å²) in [4.78, 5) is 22.2. The number of hydrogen-bond acceptors (Lipinski definition) is 5. The Morgan fingerprint density at radius 3 is 2.47 bits per heavy atom. The average Bonchev–Trinajstić information content (AvgIpc) is 2.62. The van der Waals surface area contributed by atoms with Crippen molar-refractivity contribution in [1.29, 1.82) is 0 Å². The summed E-state index contributed by atoms with van der Waals surface area (Å²) in [5, 5.41) is 24.4. The third kappa shape index (κ3) is 4.52. The summed E-state index contributed by atoms with van der Waals surface area (Å²) < 4.78 is 5.36. The molecule has 0 aromatic carbocycles. The van der Waals surface area contributed by atoms with E-state index in [1.54, 1.807) is 0 Å². The molecule has 0 saturated carbocycles. The molecule has 7 nitrogen and oxygen atoms in total. The molecule has 2 amide bonds. The molecule has 0 radical (unpaired) electrons. The number of terminal acetylenes is 1. The lowest BCUT2D eigenvalue weighted by atomic mass is 10.1. The van der Waals surface area contributed by atoms with Gasteiger partial charge in [0.15, 0.2) is 0 Å². The smallest absolute Gasteiger partial charge is 0.223 e. The van der Waals surface area contributed by atoms with Crippen molar-refractivity contribution >= 4 is 11.8 Å². The van der Waals surface area contributed by atoms with Crippen molar-refractivity contribution in [3.05, 3.63) is 0 Å². The summed E-state index contributed by atoms with van der Waals surface area (Å²) >= 11 is 0. The zero-order valence-electron chi connectivity index (χ0n) is 10.6. The maximum Gasteiger partial charge on any atom is 0.223 e. The van der Waals surface area contributed by atoms with E-state index >= 15 is 0 Å². The average molecular weight is 270 g/mol. The number of carbonyl (C=O) groups is 2. The molecule has 0 aliphatic carbocycles. The number of aliphatic hydroxyl groups is 2. The molecule has 7 heteroatoms. The fourth-order valence-corrected chi connectivity index (χ4v) is 1.81. The van der Waals surface area contributed by atoms with E-state index in [1.807, 2.05) is 0 Å². The van der Waals surface area contributed by atoms with Gasteiger partial charge in [-0.25, -0.2) is 0 Å². The van der Waals surface area contributed by atoms with Gasteiger partial charge < -0.3 is 25.6 Å². The summed E-state index contributed by atoms with van der Waals surface area (Å²) in [6, 6.07) is 0. The normalized spacial score (nSPS) is 29.6. The minimum absolute atomic E-state index is 0.0794. The number of carbonyl (C=O) groups excluding carboxylic acids is 2. The molecule has 4 atom stereocenters. The zero-order chi connectivity index (χ0) is 14.4. The highest BCUT2D eigenvalue weighted by Crippen LogP contribution is 2.23. The third-order valence-electron chi connectivity index (χ3n) is 2.79. The number of aliphatic hydroxyl groups excluding tert-OH is 2. The molecular formula is C12H18N2O5. The maximum absolute atomic E-state index is 11.4. The van der Waals surface area contributed by atoms with Crippen molar-refractivity contribution in [3.8, 4) is 12.3 Å². The summed E-state index contributed by atoms with van der Waals surface area (Å²) in [5.41, 5.74) is 0. The van der Waals surface area contributed by atoms with Gasteiger partial charge in [0, 0.05) is 13.5 Å². The fraction of sp³-hybridized carbons (Fsp3) is 0.667. The van der Waals surface area contributed by atoms with Gasteiger partial charge in [0.25, 0.3) is 0 Å². The highest BCUT2D eigenvalue weighted by Gasteiger charge is 2.43. The Bertz CT molecular complexity index is 379. The Kier molecular flexibility index (Phi) is 5.76. The van der Waals surface area contributed by atoms with Crippen LogP contribution in [0.5, 0.6) is 0 Å². The van der Waals surface area contributed by atoms with Gasteiger partial charge in [0.05, 0.1) is 19.1 Å². The Labute approximate surface area is 111 Å². The Balaban J connectivity index is 2.46. The van der Waals surface area contributed by atoms with Crippen LogP contribution in [0, 0.1) is 12.3 Å². The van der Waals surface area contributed by atoms with E-state index in [9.17, 15) is 19.8 Å². The summed E-state index contributed by atoms with van der Waals surface area (Å²) in [7, 11) is 0. The number of hydrogen-bond donors (Lipinski definition) is 4. The molecule has 1 aliphatic rings. The number of amides is 2. The van der Waals surface area contributed by atoms with E-state index in [4.69, 9.17) is 11.2 Å². The maximum atomic E-state index is 11.4. The van der Waals surface area contributed by atoms with Crippen molar-refractivity contribution in [3.63, 3.8) is 0 Å². The number of ether oxygens (including phenoxy) is 1. The van der Waals surface area contributed by atoms with Crippen LogP contribution in [-0.2, 0) is 14.3 Å². The monoisotopic (exact) mass is 270 g/mol. The lowest BCUT2D eigenvalue weighted by molar-refractivity contribution is -0.125. The predicted molar refractivity (Wildman–Crippen MR) is 65.8 cm³/mol. The second-order valence-corrected chi connectivity index (χ2v) is 4.32. The molecule has 19 heavy (non-hydrogen) atoms. The standard InChI is InChI=1S/C12H18N2O5/c1-3-4-13-10(16)5-8-11(17)12(18)9(19-8)6-14-7(2)15/h1,8-9,11-12,17-18H,4-6H2,2H3,(H,13,16)(H,14,15)/t8-,9+,11-,12+/m0/s1. The van der Waals surface area contributed by atoms with Gasteiger partial charge in [-0.3, -0.25) is 9.59 Å². The number of rotatable bonds is 5. The topological polar surface area (TPSA) is 108 Å². The first-order chi connectivity index (χ1) is 8.95. The van der Waals surface area contributed by atoms with E-state index < -0.39 is 24.4 Å². The van der Waals surface area contributed by atoms with Gasteiger partial charge in [-0.05, 0) is 0 Å². The minimum Gasteiger partial charge on any atom is -0.388 e. The Hall–Kier alpha value is -1.62. The van der Waals surface area contributed by atoms with Crippen molar-refractivity contribution in [2.45, 2.75) is 37.8 Å². The third-order valence-corrected chi connectivity index (χ3v) is 2.79. The fourth-order valence-electron chi connectivity index (χ4n) is 1.81. The summed E-state index contributed by atoms with van der Waals surface area (Å²) in [6.07, 6.45) is 1.04. The summed E-state index contributed by atoms with van der Waals surface area (Å²) in [5.74, 6) is 1.62. The first-order valence-electron chi connectivity index (χ1n) is 5.92. The SMILES string of the molecule is C#CCNC(=O)C[C@@H]1O[C@H](CNC(C)=O)[C@@H](O)[C@H]1O. The molecular weight excluding hydrogens is 252 g/mol. The largest absolute Gasteiger partial charge is 0.388 e. The second-order valence-electron chi connectivity index (χ2n) is 4.32. The van der Waals surface area contributed by atoms with E-state index in [1.165, 1.54) is 6.92 Å². The van der Waals surface area contributed by atoms with E-state index in [2.05, 4.69) is 16.6 Å². The highest BCUT2D eigenvalue weighted by atomic mass is 16.5. The molecule has 1 fully saturated rings. The lowest BCUT2D eigenvalue weighted by Crippen LogP contribution is -2.39. The molecule has 4 N–H and O–H groups in total. The molecule has 1 saturated heterocycles. The molecule has 0 bridgehead atoms. The van der Waals surface area contributed by atoms with Gasteiger partial charge in [-0.2, -0.15) is 0 Å². The van der Waals surface area contributed by atoms with Gasteiger partial charge in [0.1, 0.15) is 18.3 Å². The van der Waals surface area contributed by atoms with E-state index in [0.717, 1.165) is 0 Å². The van der Waals surface area contributed by atoms with Gasteiger partial charge >= 0.3 is 0 Å². The first-order valence-corrected chi connectivity index (χ1v) is 5.92. The van der Waals surface area contributed by atoms with Crippen LogP contribution >= 0.6 is 0 Å². The van der Waals surface area contributed by atoms with Crippen molar-refractivity contribution < 1.29 is 24.5 Å². The van der Waals surface area contributed by atoms with Crippen LogP contribution in [0.3, 0.4) is 0 Å². The van der Waals surface area contributed by atoms with Crippen molar-refractivity contribution in [2.24, 2.45) is 0 Å². The van der Waals surface area contributed by atoms with E-state index in [0.29, 0.717) is 0 Å². The van der Waals surface area contributed by atoms with Gasteiger partial charge in [0.2, 0.25) is 11.8 Å². The quantitative estimate of drug-likeness (QED) is 0.422. The van der Waals surface area contributed by atoms with Crippen LogP contribution in [0.25, 0.3) is 0 Å². The molecule has 106 valence electrons. The van der Waals surface area contributed by atoms with Crippen LogP contribution in [0.15, 0.2) is 0 Å². The molecule has 0 aromatic heterocycles. The Morgan fingerprint density at radius 1 is 1.26 bits per heavy atom. The van der Waals surface area contributed by atoms with E-state index in [-0.39, 0.29) is 31.3 Å². The van der Waals surface area contributed by atoms with Crippen molar-refractivity contribution in [2.75, 3.05) is 13.1 Å². The molecule has 1 heterocycles. The molecule has 0 aromatic rings. The van der Waals surface area contributed by atoms with Crippen LogP contribution < -0.4 is 10.6 Å². The van der Waals surface area contributed by atoms with Crippen LogP contribution in [0.2, 0.25) is 0 Å². The first kappa shape index (κ1) is 15.4.